The van der Waals surface area contributed by atoms with Gasteiger partial charge in [-0.15, -0.1) is 0 Å². The van der Waals surface area contributed by atoms with Crippen LogP contribution in [0.2, 0.25) is 0 Å². The fraction of sp³-hybridized carbons (Fsp3) is 0.625. The maximum atomic E-state index is 9.51. The summed E-state index contributed by atoms with van der Waals surface area (Å²) in [6.45, 7) is 4.41. The van der Waals surface area contributed by atoms with Crippen molar-refractivity contribution in [1.82, 2.24) is 0 Å². The second-order valence-electron chi connectivity index (χ2n) is 6.14. The second-order valence-corrected chi connectivity index (χ2v) is 6.14. The normalized spacial score (nSPS) is 24.4. The summed E-state index contributed by atoms with van der Waals surface area (Å²) >= 11 is 0. The third kappa shape index (κ3) is 2.19. The van der Waals surface area contributed by atoms with Crippen LogP contribution >= 0.6 is 0 Å². The summed E-state index contributed by atoms with van der Waals surface area (Å²) in [4.78, 5) is 0. The van der Waals surface area contributed by atoms with Crippen LogP contribution in [0, 0.1) is 0 Å². The van der Waals surface area contributed by atoms with Gasteiger partial charge in [0.15, 0.2) is 0 Å². The molecule has 3 N–H and O–H groups in total. The van der Waals surface area contributed by atoms with Gasteiger partial charge in [-0.05, 0) is 50.7 Å². The topological polar surface area (TPSA) is 46.2 Å². The molecule has 1 unspecified atom stereocenters. The highest BCUT2D eigenvalue weighted by atomic mass is 16.3. The van der Waals surface area contributed by atoms with Gasteiger partial charge >= 0.3 is 0 Å². The first kappa shape index (κ1) is 13.6. The number of aliphatic hydroxyl groups excluding tert-OH is 1. The molecule has 2 heteroatoms. The number of fused-ring (bicyclic) bond motifs is 1. The quantitative estimate of drug-likeness (QED) is 0.807. The van der Waals surface area contributed by atoms with Gasteiger partial charge < -0.3 is 10.8 Å². The van der Waals surface area contributed by atoms with Crippen molar-refractivity contribution in [2.75, 3.05) is 6.61 Å². The van der Waals surface area contributed by atoms with Crippen LogP contribution in [0.5, 0.6) is 0 Å². The molecule has 0 bridgehead atoms. The summed E-state index contributed by atoms with van der Waals surface area (Å²) in [7, 11) is 0. The lowest BCUT2D eigenvalue weighted by molar-refractivity contribution is 0.164. The molecular formula is C16H25NO. The molecule has 2 rings (SSSR count). The number of rotatable bonds is 3. The minimum atomic E-state index is -0.309. The van der Waals surface area contributed by atoms with Gasteiger partial charge in [0.05, 0.1) is 0 Å². The molecule has 0 saturated carbocycles. The fourth-order valence-electron chi connectivity index (χ4n) is 3.52. The molecule has 1 atom stereocenters. The zero-order valence-corrected chi connectivity index (χ0v) is 11.6. The lowest BCUT2D eigenvalue weighted by Crippen LogP contribution is -2.54. The van der Waals surface area contributed by atoms with Crippen molar-refractivity contribution in [2.45, 2.75) is 56.9 Å². The van der Waals surface area contributed by atoms with E-state index in [0.717, 1.165) is 19.3 Å². The van der Waals surface area contributed by atoms with Gasteiger partial charge in [-0.3, -0.25) is 0 Å². The van der Waals surface area contributed by atoms with E-state index in [1.807, 2.05) is 0 Å². The van der Waals surface area contributed by atoms with Gasteiger partial charge in [0, 0.05) is 17.6 Å². The average Bonchev–Trinajstić information content (AvgIpc) is 2.50. The highest BCUT2D eigenvalue weighted by Gasteiger charge is 2.44. The van der Waals surface area contributed by atoms with Gasteiger partial charge in [0.1, 0.15) is 0 Å². The summed E-state index contributed by atoms with van der Waals surface area (Å²) in [6.07, 6.45) is 5.39. The maximum absolute atomic E-state index is 9.51. The summed E-state index contributed by atoms with van der Waals surface area (Å²) in [5.41, 5.74) is 8.89. The van der Waals surface area contributed by atoms with E-state index in [0.29, 0.717) is 0 Å². The zero-order valence-electron chi connectivity index (χ0n) is 11.6. The van der Waals surface area contributed by atoms with Crippen molar-refractivity contribution in [2.24, 2.45) is 5.73 Å². The molecule has 0 fully saturated rings. The van der Waals surface area contributed by atoms with Crippen LogP contribution in [0.25, 0.3) is 0 Å². The number of aliphatic hydroxyl groups is 1. The zero-order chi connectivity index (χ0) is 13.2. The Morgan fingerprint density at radius 3 is 2.67 bits per heavy atom. The summed E-state index contributed by atoms with van der Waals surface area (Å²) in [5.74, 6) is 0. The van der Waals surface area contributed by atoms with Crippen LogP contribution in [-0.2, 0) is 11.8 Å². The van der Waals surface area contributed by atoms with E-state index in [2.05, 4.69) is 38.1 Å². The predicted octanol–water partition coefficient (Wildman–Crippen LogP) is 2.77. The molecule has 1 aromatic carbocycles. The molecule has 1 aliphatic rings. The Morgan fingerprint density at radius 1 is 1.28 bits per heavy atom. The maximum Gasteiger partial charge on any atom is 0.0440 e. The highest BCUT2D eigenvalue weighted by Crippen LogP contribution is 2.45. The summed E-state index contributed by atoms with van der Waals surface area (Å²) < 4.78 is 0. The van der Waals surface area contributed by atoms with Crippen LogP contribution in [-0.4, -0.2) is 17.3 Å². The average molecular weight is 247 g/mol. The molecule has 0 radical (unpaired) electrons. The van der Waals surface area contributed by atoms with Crippen LogP contribution in [0.4, 0.5) is 0 Å². The molecule has 18 heavy (non-hydrogen) atoms. The number of aryl methyl sites for hydroxylation is 1. The fourth-order valence-corrected chi connectivity index (χ4v) is 3.52. The van der Waals surface area contributed by atoms with E-state index < -0.39 is 0 Å². The molecule has 0 heterocycles. The van der Waals surface area contributed by atoms with Crippen molar-refractivity contribution in [3.05, 3.63) is 35.4 Å². The van der Waals surface area contributed by atoms with E-state index in [1.165, 1.54) is 24.0 Å². The SMILES string of the molecule is CC(C)(N)C1(CCO)CCCCc2ccccc21. The van der Waals surface area contributed by atoms with E-state index in [9.17, 15) is 5.11 Å². The van der Waals surface area contributed by atoms with Crippen LogP contribution in [0.3, 0.4) is 0 Å². The number of nitrogens with two attached hydrogens (primary N) is 1. The molecule has 1 aliphatic carbocycles. The lowest BCUT2D eigenvalue weighted by Gasteiger charge is -2.45. The van der Waals surface area contributed by atoms with Gasteiger partial charge in [0.25, 0.3) is 0 Å². The molecule has 0 aromatic heterocycles. The first-order valence-electron chi connectivity index (χ1n) is 6.99. The van der Waals surface area contributed by atoms with E-state index in [-0.39, 0.29) is 17.6 Å². The largest absolute Gasteiger partial charge is 0.396 e. The smallest absolute Gasteiger partial charge is 0.0440 e. The van der Waals surface area contributed by atoms with E-state index in [1.54, 1.807) is 0 Å². The van der Waals surface area contributed by atoms with Gasteiger partial charge in [-0.1, -0.05) is 30.7 Å². The molecule has 2 nitrogen and oxygen atoms in total. The number of hydrogen-bond donors (Lipinski definition) is 2. The van der Waals surface area contributed by atoms with Crippen molar-refractivity contribution >= 4 is 0 Å². The van der Waals surface area contributed by atoms with Gasteiger partial charge in [-0.2, -0.15) is 0 Å². The summed E-state index contributed by atoms with van der Waals surface area (Å²) in [5, 5.41) is 9.51. The van der Waals surface area contributed by atoms with Crippen LogP contribution in [0.1, 0.15) is 50.7 Å². The standard InChI is InChI=1S/C16H25NO/c1-15(2,17)16(11-12-18)10-6-5-8-13-7-3-4-9-14(13)16/h3-4,7,9,18H,5-6,8,10-12,17H2,1-2H3. The Labute approximate surface area is 110 Å². The molecule has 0 saturated heterocycles. The van der Waals surface area contributed by atoms with Crippen molar-refractivity contribution in [3.63, 3.8) is 0 Å². The Balaban J connectivity index is 2.58. The molecule has 1 aromatic rings. The van der Waals surface area contributed by atoms with Crippen molar-refractivity contribution in [3.8, 4) is 0 Å². The first-order chi connectivity index (χ1) is 8.51. The third-order valence-electron chi connectivity index (χ3n) is 4.60. The Hall–Kier alpha value is -0.860. The minimum Gasteiger partial charge on any atom is -0.396 e. The first-order valence-corrected chi connectivity index (χ1v) is 6.99. The van der Waals surface area contributed by atoms with Crippen LogP contribution in [0.15, 0.2) is 24.3 Å². The monoisotopic (exact) mass is 247 g/mol. The number of hydrogen-bond acceptors (Lipinski definition) is 2. The van der Waals surface area contributed by atoms with E-state index in [4.69, 9.17) is 5.73 Å². The lowest BCUT2D eigenvalue weighted by atomic mass is 9.62. The number of benzene rings is 1. The van der Waals surface area contributed by atoms with Crippen LogP contribution < -0.4 is 5.73 Å². The Morgan fingerprint density at radius 2 is 2.00 bits per heavy atom. The van der Waals surface area contributed by atoms with E-state index >= 15 is 0 Å². The molecule has 0 spiro atoms. The predicted molar refractivity (Wildman–Crippen MR) is 75.6 cm³/mol. The highest BCUT2D eigenvalue weighted by molar-refractivity contribution is 5.38. The Kier molecular flexibility index (Phi) is 3.79. The second kappa shape index (κ2) is 5.02. The molecule has 0 aliphatic heterocycles. The Bertz CT molecular complexity index is 408. The molecule has 100 valence electrons. The summed E-state index contributed by atoms with van der Waals surface area (Å²) in [6, 6.07) is 8.64. The van der Waals surface area contributed by atoms with Gasteiger partial charge in [0.2, 0.25) is 0 Å². The third-order valence-corrected chi connectivity index (χ3v) is 4.60. The van der Waals surface area contributed by atoms with Crippen molar-refractivity contribution < 1.29 is 5.11 Å². The molecule has 0 amide bonds. The van der Waals surface area contributed by atoms with Crippen molar-refractivity contribution in [1.29, 1.82) is 0 Å². The minimum absolute atomic E-state index is 0.0884. The van der Waals surface area contributed by atoms with Gasteiger partial charge in [-0.25, -0.2) is 0 Å². The molecular weight excluding hydrogens is 222 g/mol.